The van der Waals surface area contributed by atoms with Crippen molar-refractivity contribution < 1.29 is 102 Å². The zero-order chi connectivity index (χ0) is 60.6. The van der Waals surface area contributed by atoms with Crippen molar-refractivity contribution in [3.05, 3.63) is 114 Å². The number of nitrogens with zero attached hydrogens (tertiary/aromatic N) is 9. The van der Waals surface area contributed by atoms with Gasteiger partial charge in [0.05, 0.1) is 38.9 Å². The third-order valence-corrected chi connectivity index (χ3v) is 14.8. The summed E-state index contributed by atoms with van der Waals surface area (Å²) >= 11 is 0.973. The predicted octanol–water partition coefficient (Wildman–Crippen LogP) is 7.35. The molecule has 0 aliphatic rings. The highest BCUT2D eigenvalue weighted by Crippen LogP contribution is 2.45. The van der Waals surface area contributed by atoms with Crippen LogP contribution >= 0.6 is 11.3 Å². The van der Waals surface area contributed by atoms with Gasteiger partial charge in [-0.25, -0.2) is 9.78 Å². The Bertz CT molecular complexity index is 4630. The van der Waals surface area contributed by atoms with Crippen LogP contribution in [0, 0.1) is 6.92 Å². The minimum Gasteiger partial charge on any atom is -0.505 e. The van der Waals surface area contributed by atoms with Gasteiger partial charge >= 0.3 is 27.2 Å². The Morgan fingerprint density at radius 3 is 1.88 bits per heavy atom. The van der Waals surface area contributed by atoms with E-state index in [1.165, 1.54) is 42.5 Å². The lowest BCUT2D eigenvalue weighted by Crippen LogP contribution is -2.08. The number of carboxylic acids is 1. The van der Waals surface area contributed by atoms with Gasteiger partial charge in [-0.1, -0.05) is 53.8 Å². The maximum atomic E-state index is 13.0. The number of carboxylic acid groups (broad SMARTS) is 1. The van der Waals surface area contributed by atoms with Crippen LogP contribution in [0.25, 0.3) is 37.9 Å². The average Bonchev–Trinajstić information content (AvgIpc) is 4.10. The fourth-order valence-corrected chi connectivity index (χ4v) is 10.5. The molecule has 2 heterocycles. The summed E-state index contributed by atoms with van der Waals surface area (Å²) in [6.45, 7) is 1.33. The first-order valence-corrected chi connectivity index (χ1v) is 30.4. The smallest absolute Gasteiger partial charge is 0.425 e. The van der Waals surface area contributed by atoms with Crippen molar-refractivity contribution >= 4 is 134 Å². The predicted molar refractivity (Wildman–Crippen MR) is 282 cm³/mol. The number of azo groups is 3. The monoisotopic (exact) mass is 1270 g/mol. The van der Waals surface area contributed by atoms with Gasteiger partial charge in [0.1, 0.15) is 43.8 Å². The van der Waals surface area contributed by atoms with Crippen LogP contribution in [0.15, 0.2) is 149 Å². The Morgan fingerprint density at radius 2 is 1.27 bits per heavy atom. The molecule has 7 N–H and O–H groups in total. The maximum absolute atomic E-state index is 13.0. The number of rotatable bonds is 17. The largest absolute Gasteiger partial charge is 0.505 e. The van der Waals surface area contributed by atoms with Gasteiger partial charge in [0.2, 0.25) is 11.0 Å². The van der Waals surface area contributed by atoms with E-state index in [0.29, 0.717) is 21.0 Å². The molecule has 0 spiro atoms. The normalized spacial score (nSPS) is 12.1. The van der Waals surface area contributed by atoms with E-state index < -0.39 is 117 Å². The van der Waals surface area contributed by atoms with Crippen molar-refractivity contribution in [2.75, 3.05) is 12.4 Å². The number of fused-ring (bicyclic) bond motifs is 2. The molecule has 8 rings (SSSR count). The molecule has 0 bridgehead atoms. The first-order chi connectivity index (χ1) is 38.2. The number of carbonyl (C=O) groups is 1. The molecular weight excluding hydrogens is 1230 g/mol. The summed E-state index contributed by atoms with van der Waals surface area (Å²) < 4.78 is 193. The van der Waals surface area contributed by atoms with Crippen LogP contribution in [-0.4, -0.2) is 126 Å². The van der Waals surface area contributed by atoms with Crippen molar-refractivity contribution in [3.8, 4) is 34.3 Å². The highest BCUT2D eigenvalue weighted by molar-refractivity contribution is 7.86. The molecule has 2 aromatic heterocycles. The molecule has 6 aromatic carbocycles. The number of ether oxygens (including phenoxy) is 1. The zero-order valence-corrected chi connectivity index (χ0v) is 46.2. The summed E-state index contributed by atoms with van der Waals surface area (Å²) in [7, 11) is -25.4. The van der Waals surface area contributed by atoms with Crippen LogP contribution in [-0.2, 0) is 61.7 Å². The van der Waals surface area contributed by atoms with Crippen LogP contribution in [0.2, 0.25) is 0 Å². The summed E-state index contributed by atoms with van der Waals surface area (Å²) in [5.41, 5.74) is -1.52. The van der Waals surface area contributed by atoms with E-state index in [1.54, 1.807) is 31.2 Å². The molecule has 0 atom stereocenters. The maximum Gasteiger partial charge on any atom is 0.425 e. The Hall–Kier alpha value is -8.77. The van der Waals surface area contributed by atoms with Crippen LogP contribution in [0.1, 0.15) is 22.3 Å². The SMILES string of the molecule is Cc1cc(N=Nc2ccc3c(S(=O)(=O)O)c(N=Nc4c(-c5ccccc5)nn(-c5cc(C(=O)O)cc(S(=O)(=O)O)c5)c4O)ccc3c2O)c(OCCCS(=O)(=O)O)cc1N=Nc1nc2c(S(=O)(=O)O)cccc2s1.O=S(=O)=O.O=S(=O)=O. The molecule has 0 radical (unpaired) electrons. The molecule has 8 aromatic rings. The van der Waals surface area contributed by atoms with E-state index in [2.05, 4.69) is 40.8 Å². The molecule has 0 saturated carbocycles. The molecule has 39 heteroatoms. The number of benzene rings is 6. The number of aromatic carboxylic acids is 1. The van der Waals surface area contributed by atoms with Gasteiger partial charge in [-0.15, -0.1) is 55.9 Å². The van der Waals surface area contributed by atoms with Crippen LogP contribution in [0.3, 0.4) is 0 Å². The first-order valence-electron chi connectivity index (χ1n) is 21.6. The van der Waals surface area contributed by atoms with Gasteiger partial charge in [-0.05, 0) is 73.5 Å². The van der Waals surface area contributed by atoms with Crippen molar-refractivity contribution in [2.24, 2.45) is 30.7 Å². The summed E-state index contributed by atoms with van der Waals surface area (Å²) in [5, 5.41) is 61.1. The van der Waals surface area contributed by atoms with Gasteiger partial charge in [-0.3, -0.25) is 18.2 Å². The van der Waals surface area contributed by atoms with Crippen molar-refractivity contribution in [3.63, 3.8) is 0 Å². The number of thiazole rings is 1. The summed E-state index contributed by atoms with van der Waals surface area (Å²) in [6.07, 6.45) is -0.173. The summed E-state index contributed by atoms with van der Waals surface area (Å²) in [4.78, 5) is 13.9. The number of phenolic OH excluding ortho intramolecular Hbond substituents is 1. The van der Waals surface area contributed by atoms with Crippen LogP contribution in [0.4, 0.5) is 33.6 Å². The topological polar surface area (TPSA) is 512 Å². The second-order valence-corrected chi connectivity index (χ2v) is 23.5. The molecule has 0 unspecified atom stereocenters. The lowest BCUT2D eigenvalue weighted by atomic mass is 10.1. The number of aryl methyl sites for hydroxylation is 1. The van der Waals surface area contributed by atoms with Gasteiger partial charge in [0.15, 0.2) is 11.4 Å². The molecule has 0 amide bonds. The molecule has 430 valence electrons. The van der Waals surface area contributed by atoms with E-state index in [1.807, 2.05) is 0 Å². The number of para-hydroxylation sites is 1. The van der Waals surface area contributed by atoms with Crippen molar-refractivity contribution in [1.82, 2.24) is 14.8 Å². The highest BCUT2D eigenvalue weighted by atomic mass is 32.2. The first kappa shape index (κ1) is 62.4. The number of aromatic nitrogens is 3. The zero-order valence-electron chi connectivity index (χ0n) is 40.5. The van der Waals surface area contributed by atoms with Gasteiger partial charge in [-0.2, -0.15) is 43.5 Å². The Balaban J connectivity index is 0.00000127. The van der Waals surface area contributed by atoms with E-state index in [4.69, 9.17) is 30.0 Å². The summed E-state index contributed by atoms with van der Waals surface area (Å²) in [5.74, 6) is -3.80. The number of hydrogen-bond donors (Lipinski definition) is 7. The van der Waals surface area contributed by atoms with Crippen molar-refractivity contribution in [1.29, 1.82) is 0 Å². The fourth-order valence-electron chi connectivity index (χ4n) is 7.07. The van der Waals surface area contributed by atoms with Gasteiger partial charge in [0.25, 0.3) is 40.5 Å². The Labute approximate surface area is 467 Å². The van der Waals surface area contributed by atoms with Gasteiger partial charge in [0, 0.05) is 22.4 Å². The minimum atomic E-state index is -5.23. The standard InChI is InChI=1S/C43H33N9O17S5.2O3S/c1-22-17-32(33(69-15-6-16-71(57,58)59)21-31(22)47-50-43-44-37-34(70-43)9-5-10-35(37)73(63,64)65)48-45-29-13-12-28-27(39(29)53)11-14-30(40(28)74(66,67)68)46-49-38-36(23-7-3-2-4-8-23)51-52(41(38)54)25-18-24(42(55)56)19-26(20-25)72(60,61)62;2*1-4(2)3/h2-5,7-14,17-21,53-54H,6,15-16H2,1H3,(H,55,56)(H,57,58,59)(H,60,61,62)(H,63,64,65)(H,66,67,68);;. The molecule has 0 aliphatic heterocycles. The second-order valence-electron chi connectivity index (χ2n) is 15.9. The molecule has 0 saturated heterocycles. The number of phenols is 1. The van der Waals surface area contributed by atoms with Crippen molar-refractivity contribution in [2.45, 2.75) is 28.0 Å². The quantitative estimate of drug-likeness (QED) is 0.0266. The van der Waals surface area contributed by atoms with E-state index in [9.17, 15) is 72.0 Å². The van der Waals surface area contributed by atoms with E-state index in [0.717, 1.165) is 41.7 Å². The van der Waals surface area contributed by atoms with Crippen LogP contribution < -0.4 is 4.74 Å². The minimum absolute atomic E-state index is 0.00474. The lowest BCUT2D eigenvalue weighted by Gasteiger charge is -2.11. The van der Waals surface area contributed by atoms with Crippen LogP contribution in [0.5, 0.6) is 17.4 Å². The Kier molecular flexibility index (Phi) is 19.3. The third-order valence-electron chi connectivity index (χ3n) is 10.4. The number of aromatic hydroxyl groups is 2. The molecule has 82 heavy (non-hydrogen) atoms. The second kappa shape index (κ2) is 25.4. The highest BCUT2D eigenvalue weighted by Gasteiger charge is 2.26. The molecular formula is C43H33N9O23S7. The Morgan fingerprint density at radius 1 is 0.659 bits per heavy atom. The van der Waals surface area contributed by atoms with E-state index in [-0.39, 0.29) is 74.2 Å². The summed E-state index contributed by atoms with van der Waals surface area (Å²) in [6, 6.07) is 21.8. The third kappa shape index (κ3) is 16.0. The van der Waals surface area contributed by atoms with E-state index >= 15 is 0 Å². The fraction of sp³-hybridized carbons (Fsp3) is 0.0930. The number of hydrogen-bond acceptors (Lipinski definition) is 27. The van der Waals surface area contributed by atoms with Gasteiger partial charge < -0.3 is 20.1 Å². The average molecular weight is 1270 g/mol. The lowest BCUT2D eigenvalue weighted by molar-refractivity contribution is 0.0696. The molecule has 0 fully saturated rings. The molecule has 32 nitrogen and oxygen atoms in total. The molecule has 0 aliphatic carbocycles.